The SMILES string of the molecule is C.C.C.C.C1=CC2=CC=C3C=CC=C4C=CC(=C1)C2C43.CCC.CCC. The Morgan fingerprint density at radius 3 is 1.08 bits per heavy atom. The average molecular weight is 357 g/mol. The van der Waals surface area contributed by atoms with Gasteiger partial charge in [0.25, 0.3) is 0 Å². The Morgan fingerprint density at radius 2 is 0.769 bits per heavy atom. The number of rotatable bonds is 0. The van der Waals surface area contributed by atoms with E-state index in [1.165, 1.54) is 35.1 Å². The van der Waals surface area contributed by atoms with Crippen LogP contribution in [0.4, 0.5) is 0 Å². The van der Waals surface area contributed by atoms with Crippen molar-refractivity contribution in [1.82, 2.24) is 0 Å². The fourth-order valence-corrected chi connectivity index (χ4v) is 3.13. The Bertz CT molecular complexity index is 546. The van der Waals surface area contributed by atoms with Crippen LogP contribution >= 0.6 is 0 Å². The summed E-state index contributed by atoms with van der Waals surface area (Å²) >= 11 is 0. The van der Waals surface area contributed by atoms with Crippen LogP contribution in [0.25, 0.3) is 0 Å². The molecule has 0 saturated carbocycles. The van der Waals surface area contributed by atoms with Gasteiger partial charge in [-0.05, 0) is 22.3 Å². The van der Waals surface area contributed by atoms with E-state index in [0.717, 1.165) is 0 Å². The third-order valence-electron chi connectivity index (χ3n) is 3.86. The van der Waals surface area contributed by atoms with Crippen LogP contribution in [-0.4, -0.2) is 0 Å². The van der Waals surface area contributed by atoms with E-state index in [1.54, 1.807) is 0 Å². The van der Waals surface area contributed by atoms with Crippen molar-refractivity contribution in [1.29, 1.82) is 0 Å². The Hall–Kier alpha value is -1.82. The molecule has 0 aliphatic heterocycles. The highest BCUT2D eigenvalue weighted by Crippen LogP contribution is 2.47. The van der Waals surface area contributed by atoms with Crippen LogP contribution in [0.1, 0.15) is 70.2 Å². The van der Waals surface area contributed by atoms with Crippen LogP contribution in [0.15, 0.2) is 83.1 Å². The van der Waals surface area contributed by atoms with Crippen molar-refractivity contribution in [3.05, 3.63) is 83.1 Å². The number of hydrogen-bond donors (Lipinski definition) is 0. The summed E-state index contributed by atoms with van der Waals surface area (Å²) < 4.78 is 0. The molecule has 4 aliphatic rings. The molecule has 0 aromatic carbocycles. The zero-order chi connectivity index (χ0) is 15.9. The normalized spacial score (nSPS) is 21.4. The van der Waals surface area contributed by atoms with Crippen molar-refractivity contribution in [2.24, 2.45) is 11.8 Å². The van der Waals surface area contributed by atoms with E-state index in [4.69, 9.17) is 0 Å². The van der Waals surface area contributed by atoms with E-state index in [1.807, 2.05) is 0 Å². The van der Waals surface area contributed by atoms with Crippen molar-refractivity contribution in [2.75, 3.05) is 0 Å². The van der Waals surface area contributed by atoms with Gasteiger partial charge in [0, 0.05) is 11.8 Å². The smallest absolute Gasteiger partial charge is 0.0199 e. The molecule has 0 spiro atoms. The van der Waals surface area contributed by atoms with Crippen LogP contribution in [0.3, 0.4) is 0 Å². The fraction of sp³-hybridized carbons (Fsp3) is 0.462. The Kier molecular flexibility index (Phi) is 16.0. The topological polar surface area (TPSA) is 0 Å². The summed E-state index contributed by atoms with van der Waals surface area (Å²) in [6, 6.07) is 0. The molecule has 148 valence electrons. The molecular weight excluding hydrogens is 312 g/mol. The van der Waals surface area contributed by atoms with Crippen molar-refractivity contribution >= 4 is 0 Å². The summed E-state index contributed by atoms with van der Waals surface area (Å²) in [4.78, 5) is 0. The lowest BCUT2D eigenvalue weighted by molar-refractivity contribution is 0.564. The molecule has 0 aromatic heterocycles. The average Bonchev–Trinajstić information content (AvgIpc) is 2.54. The molecule has 0 radical (unpaired) electrons. The van der Waals surface area contributed by atoms with Crippen LogP contribution in [-0.2, 0) is 0 Å². The van der Waals surface area contributed by atoms with Gasteiger partial charge in [0.05, 0.1) is 0 Å². The first kappa shape index (κ1) is 29.0. The van der Waals surface area contributed by atoms with Crippen molar-refractivity contribution < 1.29 is 0 Å². The fourth-order valence-electron chi connectivity index (χ4n) is 3.13. The molecule has 0 saturated heterocycles. The molecule has 2 unspecified atom stereocenters. The summed E-state index contributed by atoms with van der Waals surface area (Å²) in [6.45, 7) is 8.50. The molecule has 0 bridgehead atoms. The maximum absolute atomic E-state index is 2.27. The highest BCUT2D eigenvalue weighted by atomic mass is 14.4. The molecule has 0 amide bonds. The van der Waals surface area contributed by atoms with Crippen LogP contribution in [0.2, 0.25) is 0 Å². The quantitative estimate of drug-likeness (QED) is 0.406. The molecule has 4 aliphatic carbocycles. The van der Waals surface area contributed by atoms with Crippen LogP contribution < -0.4 is 0 Å². The predicted molar refractivity (Wildman–Crippen MR) is 126 cm³/mol. The van der Waals surface area contributed by atoms with Gasteiger partial charge in [0.1, 0.15) is 0 Å². The lowest BCUT2D eigenvalue weighted by atomic mass is 9.65. The highest BCUT2D eigenvalue weighted by molar-refractivity contribution is 5.59. The van der Waals surface area contributed by atoms with Crippen molar-refractivity contribution in [3.63, 3.8) is 0 Å². The molecule has 0 N–H and O–H groups in total. The molecule has 0 fully saturated rings. The predicted octanol–water partition coefficient (Wildman–Crippen LogP) is 9.02. The number of hydrogen-bond acceptors (Lipinski definition) is 0. The minimum absolute atomic E-state index is 0. The number of allylic oxidation sites excluding steroid dienone is 14. The van der Waals surface area contributed by atoms with Gasteiger partial charge >= 0.3 is 0 Å². The summed E-state index contributed by atoms with van der Waals surface area (Å²) in [5.74, 6) is 1.12. The Labute approximate surface area is 165 Å². The molecule has 4 rings (SSSR count). The van der Waals surface area contributed by atoms with Gasteiger partial charge in [-0.1, -0.05) is 131 Å². The van der Waals surface area contributed by atoms with Crippen LogP contribution in [0, 0.1) is 11.8 Å². The minimum Gasteiger partial charge on any atom is -0.0776 e. The summed E-state index contributed by atoms with van der Waals surface area (Å²) in [5, 5.41) is 0. The monoisotopic (exact) mass is 356 g/mol. The Morgan fingerprint density at radius 1 is 0.500 bits per heavy atom. The minimum atomic E-state index is 0. The van der Waals surface area contributed by atoms with E-state index in [2.05, 4.69) is 88.5 Å². The summed E-state index contributed by atoms with van der Waals surface area (Å²) in [7, 11) is 0. The molecule has 26 heavy (non-hydrogen) atoms. The molecule has 0 heteroatoms. The molecule has 0 heterocycles. The summed E-state index contributed by atoms with van der Waals surface area (Å²) in [6.07, 6.45) is 24.9. The van der Waals surface area contributed by atoms with Gasteiger partial charge in [-0.2, -0.15) is 0 Å². The zero-order valence-corrected chi connectivity index (χ0v) is 14.3. The van der Waals surface area contributed by atoms with Crippen LogP contribution in [0.5, 0.6) is 0 Å². The second-order valence-corrected chi connectivity index (χ2v) is 6.09. The second kappa shape index (κ2) is 14.4. The standard InChI is InChI=1S/C16H12.2C3H8.4CH4/c1-3-11-7-9-13-5-2-6-14-10-8-12(4-1)15(11)16(13)14;2*1-3-2;;;;/h1-10,15-16H;2*3H2,1-2H3;4*1H4. The summed E-state index contributed by atoms with van der Waals surface area (Å²) in [5.41, 5.74) is 5.82. The van der Waals surface area contributed by atoms with Gasteiger partial charge in [0.15, 0.2) is 0 Å². The molecule has 0 aromatic rings. The van der Waals surface area contributed by atoms with E-state index in [9.17, 15) is 0 Å². The van der Waals surface area contributed by atoms with E-state index >= 15 is 0 Å². The van der Waals surface area contributed by atoms with Gasteiger partial charge < -0.3 is 0 Å². The molecular formula is C26H44. The first-order chi connectivity index (χ1) is 10.8. The molecule has 0 nitrogen and oxygen atoms in total. The largest absolute Gasteiger partial charge is 0.0776 e. The lowest BCUT2D eigenvalue weighted by Gasteiger charge is -2.39. The first-order valence-corrected chi connectivity index (χ1v) is 8.63. The van der Waals surface area contributed by atoms with Crippen molar-refractivity contribution in [2.45, 2.75) is 70.2 Å². The highest BCUT2D eigenvalue weighted by Gasteiger charge is 2.36. The third kappa shape index (κ3) is 6.16. The molecule has 2 atom stereocenters. The van der Waals surface area contributed by atoms with Gasteiger partial charge in [-0.3, -0.25) is 0 Å². The van der Waals surface area contributed by atoms with E-state index < -0.39 is 0 Å². The maximum Gasteiger partial charge on any atom is 0.0199 e. The Balaban J connectivity index is -0.000000477. The van der Waals surface area contributed by atoms with Gasteiger partial charge in [-0.25, -0.2) is 0 Å². The van der Waals surface area contributed by atoms with Gasteiger partial charge in [-0.15, -0.1) is 0 Å². The maximum atomic E-state index is 2.27. The van der Waals surface area contributed by atoms with E-state index in [0.29, 0.717) is 11.8 Å². The zero-order valence-electron chi connectivity index (χ0n) is 14.3. The van der Waals surface area contributed by atoms with Crippen molar-refractivity contribution in [3.8, 4) is 0 Å². The second-order valence-electron chi connectivity index (χ2n) is 6.09. The van der Waals surface area contributed by atoms with E-state index in [-0.39, 0.29) is 29.7 Å². The first-order valence-electron chi connectivity index (χ1n) is 8.63. The third-order valence-corrected chi connectivity index (χ3v) is 3.86. The lowest BCUT2D eigenvalue weighted by Crippen LogP contribution is -2.28. The van der Waals surface area contributed by atoms with Gasteiger partial charge in [0.2, 0.25) is 0 Å².